The van der Waals surface area contributed by atoms with Gasteiger partial charge in [-0.05, 0) is 67.5 Å². The molecule has 0 spiro atoms. The maximum atomic E-state index is 14.0. The van der Waals surface area contributed by atoms with Crippen LogP contribution in [0.5, 0.6) is 0 Å². The summed E-state index contributed by atoms with van der Waals surface area (Å²) in [5.41, 5.74) is 12.0. The summed E-state index contributed by atoms with van der Waals surface area (Å²) < 4.78 is 3.98. The third-order valence-electron chi connectivity index (χ3n) is 5.32. The number of nitrogens with two attached hydrogens (primary N) is 2. The summed E-state index contributed by atoms with van der Waals surface area (Å²) in [5.74, 6) is -1.70. The summed E-state index contributed by atoms with van der Waals surface area (Å²) in [7, 11) is 0. The number of benzene rings is 1. The van der Waals surface area contributed by atoms with Gasteiger partial charge in [-0.1, -0.05) is 18.2 Å². The molecule has 0 radical (unpaired) electrons. The Balaban J connectivity index is 1.87. The molecular weight excluding hydrogens is 496 g/mol. The molecule has 186 valence electrons. The van der Waals surface area contributed by atoms with E-state index in [9.17, 15) is 14.4 Å². The molecule has 0 saturated carbocycles. The van der Waals surface area contributed by atoms with Crippen molar-refractivity contribution in [3.63, 3.8) is 0 Å². The first kappa shape index (κ1) is 25.3. The number of amides is 3. The van der Waals surface area contributed by atoms with Crippen LogP contribution >= 0.6 is 22.9 Å². The van der Waals surface area contributed by atoms with Gasteiger partial charge in [-0.3, -0.25) is 19.4 Å². The van der Waals surface area contributed by atoms with Crippen LogP contribution in [0.1, 0.15) is 57.4 Å². The fourth-order valence-corrected chi connectivity index (χ4v) is 5.25. The Labute approximate surface area is 216 Å². The van der Waals surface area contributed by atoms with Gasteiger partial charge < -0.3 is 21.7 Å². The molecule has 3 aromatic heterocycles. The van der Waals surface area contributed by atoms with Gasteiger partial charge in [-0.15, -0.1) is 11.3 Å². The summed E-state index contributed by atoms with van der Waals surface area (Å²) in [5, 5.41) is 5.74. The lowest BCUT2D eigenvalue weighted by atomic mass is 9.99. The molecule has 4 aromatic rings. The Kier molecular flexibility index (Phi) is 7.04. The van der Waals surface area contributed by atoms with Crippen LogP contribution in [0, 0.1) is 0 Å². The summed E-state index contributed by atoms with van der Waals surface area (Å²) in [6, 6.07) is 11.9. The number of primary amides is 1. The molecule has 9 nitrogen and oxygen atoms in total. The highest BCUT2D eigenvalue weighted by molar-refractivity contribution is 7.10. The zero-order chi connectivity index (χ0) is 26.0. The van der Waals surface area contributed by atoms with Crippen molar-refractivity contribution in [3.8, 4) is 0 Å². The number of hydrogen-bond acceptors (Lipinski definition) is 8. The Hall–Kier alpha value is -3.83. The van der Waals surface area contributed by atoms with Gasteiger partial charge in [-0.2, -0.15) is 4.37 Å². The third-order valence-corrected chi connectivity index (χ3v) is 7.04. The quantitative estimate of drug-likeness (QED) is 0.337. The van der Waals surface area contributed by atoms with Gasteiger partial charge in [0.2, 0.25) is 5.91 Å². The molecule has 1 aromatic carbocycles. The molecule has 3 heterocycles. The number of rotatable bonds is 7. The van der Waals surface area contributed by atoms with E-state index >= 15 is 0 Å². The summed E-state index contributed by atoms with van der Waals surface area (Å²) in [4.78, 5) is 46.2. The van der Waals surface area contributed by atoms with Crippen molar-refractivity contribution in [2.24, 2.45) is 5.73 Å². The Morgan fingerprint density at radius 3 is 2.56 bits per heavy atom. The van der Waals surface area contributed by atoms with Crippen LogP contribution in [0.2, 0.25) is 0 Å². The highest BCUT2D eigenvalue weighted by Crippen LogP contribution is 2.32. The maximum absolute atomic E-state index is 14.0. The predicted molar refractivity (Wildman–Crippen MR) is 142 cm³/mol. The van der Waals surface area contributed by atoms with Crippen molar-refractivity contribution in [1.29, 1.82) is 0 Å². The van der Waals surface area contributed by atoms with Crippen LogP contribution in [0.15, 0.2) is 54.0 Å². The zero-order valence-corrected chi connectivity index (χ0v) is 21.7. The topological polar surface area (TPSA) is 144 Å². The standard InChI is InChI=1S/C25H26N6O3S2/c1-25(2,3)29-23(33)20(15-8-9-17-14(12-15)6-4-10-28-17)31(13-16-7-5-11-35-16)24(34)21-18(26)19(22(27)32)30-36-21/h4-12,20H,13,26H2,1-3H3,(H2,27,32)(H,29,33). The second-order valence-electron chi connectivity index (χ2n) is 9.25. The van der Waals surface area contributed by atoms with Crippen LogP contribution in [0.4, 0.5) is 5.69 Å². The minimum atomic E-state index is -0.998. The molecule has 1 unspecified atom stereocenters. The van der Waals surface area contributed by atoms with Crippen LogP contribution < -0.4 is 16.8 Å². The molecule has 0 saturated heterocycles. The van der Waals surface area contributed by atoms with Gasteiger partial charge in [-0.25, -0.2) is 0 Å². The lowest BCUT2D eigenvalue weighted by Gasteiger charge is -2.33. The first-order chi connectivity index (χ1) is 17.0. The van der Waals surface area contributed by atoms with E-state index in [1.165, 1.54) is 16.2 Å². The van der Waals surface area contributed by atoms with E-state index in [1.54, 1.807) is 12.3 Å². The first-order valence-corrected chi connectivity index (χ1v) is 12.8. The van der Waals surface area contributed by atoms with E-state index < -0.39 is 23.4 Å². The molecule has 4 rings (SSSR count). The van der Waals surface area contributed by atoms with Crippen molar-refractivity contribution in [2.45, 2.75) is 38.9 Å². The van der Waals surface area contributed by atoms with Crippen LogP contribution in [-0.4, -0.2) is 37.5 Å². The number of pyridine rings is 1. The molecule has 3 amide bonds. The normalized spacial score (nSPS) is 12.3. The number of nitrogens with one attached hydrogen (secondary N) is 1. The van der Waals surface area contributed by atoms with E-state index in [1.807, 2.05) is 62.5 Å². The maximum Gasteiger partial charge on any atom is 0.270 e. The van der Waals surface area contributed by atoms with E-state index in [2.05, 4.69) is 14.7 Å². The average molecular weight is 523 g/mol. The van der Waals surface area contributed by atoms with Crippen LogP contribution in [0.3, 0.4) is 0 Å². The highest BCUT2D eigenvalue weighted by Gasteiger charge is 2.36. The minimum Gasteiger partial charge on any atom is -0.395 e. The average Bonchev–Trinajstić information content (AvgIpc) is 3.46. The number of fused-ring (bicyclic) bond motifs is 1. The molecule has 5 N–H and O–H groups in total. The summed E-state index contributed by atoms with van der Waals surface area (Å²) in [6.07, 6.45) is 1.70. The fraction of sp³-hybridized carbons (Fsp3) is 0.240. The number of nitrogen functional groups attached to an aromatic ring is 1. The molecule has 0 fully saturated rings. The number of carbonyl (C=O) groups excluding carboxylic acids is 3. The lowest BCUT2D eigenvalue weighted by Crippen LogP contribution is -2.49. The monoisotopic (exact) mass is 522 g/mol. The molecule has 36 heavy (non-hydrogen) atoms. The lowest BCUT2D eigenvalue weighted by molar-refractivity contribution is -0.127. The Morgan fingerprint density at radius 2 is 1.92 bits per heavy atom. The number of nitrogens with zero attached hydrogens (tertiary/aromatic N) is 3. The van der Waals surface area contributed by atoms with Crippen molar-refractivity contribution in [2.75, 3.05) is 5.73 Å². The number of carbonyl (C=O) groups is 3. The fourth-order valence-electron chi connectivity index (χ4n) is 3.79. The Morgan fingerprint density at radius 1 is 1.14 bits per heavy atom. The highest BCUT2D eigenvalue weighted by atomic mass is 32.1. The van der Waals surface area contributed by atoms with Gasteiger partial charge in [0.25, 0.3) is 11.8 Å². The SMILES string of the molecule is CC(C)(C)NC(=O)C(c1ccc2ncccc2c1)N(Cc1cccs1)C(=O)c1snc(C(N)=O)c1N. The van der Waals surface area contributed by atoms with Crippen molar-refractivity contribution in [1.82, 2.24) is 19.6 Å². The van der Waals surface area contributed by atoms with E-state index in [0.717, 1.165) is 27.3 Å². The molecule has 0 aliphatic rings. The first-order valence-electron chi connectivity index (χ1n) is 11.1. The number of thiophene rings is 1. The second-order valence-corrected chi connectivity index (χ2v) is 11.1. The second kappa shape index (κ2) is 10.0. The molecule has 11 heteroatoms. The van der Waals surface area contributed by atoms with Gasteiger partial charge >= 0.3 is 0 Å². The Bertz CT molecular complexity index is 1430. The van der Waals surface area contributed by atoms with E-state index in [4.69, 9.17) is 11.5 Å². The van der Waals surface area contributed by atoms with Gasteiger partial charge in [0.15, 0.2) is 5.69 Å². The van der Waals surface area contributed by atoms with Crippen LogP contribution in [0.25, 0.3) is 10.9 Å². The molecule has 1 atom stereocenters. The smallest absolute Gasteiger partial charge is 0.270 e. The summed E-state index contributed by atoms with van der Waals surface area (Å²) >= 11 is 2.25. The summed E-state index contributed by atoms with van der Waals surface area (Å²) in [6.45, 7) is 5.76. The van der Waals surface area contributed by atoms with Gasteiger partial charge in [0.05, 0.1) is 17.7 Å². The molecule has 0 aliphatic heterocycles. The van der Waals surface area contributed by atoms with Gasteiger partial charge in [0.1, 0.15) is 10.9 Å². The predicted octanol–water partition coefficient (Wildman–Crippen LogP) is 3.73. The minimum absolute atomic E-state index is 0.0522. The zero-order valence-electron chi connectivity index (χ0n) is 20.0. The number of anilines is 1. The van der Waals surface area contributed by atoms with Crippen molar-refractivity contribution >= 4 is 57.2 Å². The van der Waals surface area contributed by atoms with Crippen molar-refractivity contribution in [3.05, 3.63) is 75.1 Å². The van der Waals surface area contributed by atoms with E-state index in [-0.39, 0.29) is 28.7 Å². The largest absolute Gasteiger partial charge is 0.395 e. The third kappa shape index (κ3) is 5.37. The van der Waals surface area contributed by atoms with E-state index in [0.29, 0.717) is 5.56 Å². The van der Waals surface area contributed by atoms with Crippen molar-refractivity contribution < 1.29 is 14.4 Å². The number of aromatic nitrogens is 2. The molecule has 0 bridgehead atoms. The molecule has 0 aliphatic carbocycles. The molecular formula is C25H26N6O3S2. The number of hydrogen-bond donors (Lipinski definition) is 3. The van der Waals surface area contributed by atoms with Crippen LogP contribution in [-0.2, 0) is 11.3 Å². The van der Waals surface area contributed by atoms with Gasteiger partial charge in [0, 0.05) is 22.0 Å².